The molecular formula is C10H7O2. The average molecular weight is 159 g/mol. The number of fused-ring (bicyclic) bond motifs is 1. The van der Waals surface area contributed by atoms with E-state index < -0.39 is 0 Å². The first-order valence-electron chi connectivity index (χ1n) is 3.59. The first-order valence-corrected chi connectivity index (χ1v) is 3.59. The summed E-state index contributed by atoms with van der Waals surface area (Å²) in [6.07, 6.45) is 0. The summed E-state index contributed by atoms with van der Waals surface area (Å²) in [5.74, 6) is 0.356. The lowest BCUT2D eigenvalue weighted by Crippen LogP contribution is -1.72. The van der Waals surface area contributed by atoms with Gasteiger partial charge >= 0.3 is 0 Å². The number of rotatable bonds is 0. The number of phenols is 2. The van der Waals surface area contributed by atoms with Gasteiger partial charge in [0, 0.05) is 0 Å². The largest absolute Gasteiger partial charge is 0.508 e. The van der Waals surface area contributed by atoms with Crippen molar-refractivity contribution in [2.24, 2.45) is 0 Å². The highest BCUT2D eigenvalue weighted by Crippen LogP contribution is 2.22. The molecule has 0 aromatic heterocycles. The Hall–Kier alpha value is -1.70. The molecule has 2 N–H and O–H groups in total. The van der Waals surface area contributed by atoms with Gasteiger partial charge in [0.05, 0.1) is 0 Å². The summed E-state index contributed by atoms with van der Waals surface area (Å²) in [7, 11) is 0. The van der Waals surface area contributed by atoms with Gasteiger partial charge in [-0.3, -0.25) is 0 Å². The lowest BCUT2D eigenvalue weighted by Gasteiger charge is -1.98. The van der Waals surface area contributed by atoms with Crippen molar-refractivity contribution >= 4 is 10.8 Å². The van der Waals surface area contributed by atoms with E-state index in [0.29, 0.717) is 0 Å². The summed E-state index contributed by atoms with van der Waals surface area (Å²) in [6, 6.07) is 10.9. The van der Waals surface area contributed by atoms with Crippen LogP contribution < -0.4 is 0 Å². The molecule has 0 heterocycles. The number of benzene rings is 2. The molecule has 0 saturated carbocycles. The minimum atomic E-state index is 0.160. The van der Waals surface area contributed by atoms with Gasteiger partial charge in [-0.1, -0.05) is 6.07 Å². The molecule has 2 nitrogen and oxygen atoms in total. The molecule has 0 aliphatic rings. The fraction of sp³-hybridized carbons (Fsp3) is 0. The first kappa shape index (κ1) is 6.98. The molecule has 0 fully saturated rings. The van der Waals surface area contributed by atoms with Crippen molar-refractivity contribution in [1.29, 1.82) is 0 Å². The van der Waals surface area contributed by atoms with Crippen molar-refractivity contribution in [2.75, 3.05) is 0 Å². The van der Waals surface area contributed by atoms with E-state index in [1.165, 1.54) is 6.07 Å². The second-order valence-corrected chi connectivity index (χ2v) is 2.63. The molecule has 59 valence electrons. The molecule has 2 heteroatoms. The predicted octanol–water partition coefficient (Wildman–Crippen LogP) is 2.05. The Morgan fingerprint density at radius 1 is 1.00 bits per heavy atom. The molecule has 12 heavy (non-hydrogen) atoms. The maximum atomic E-state index is 9.13. The van der Waals surface area contributed by atoms with E-state index in [-0.39, 0.29) is 11.5 Å². The Labute approximate surface area is 69.7 Å². The van der Waals surface area contributed by atoms with Crippen LogP contribution in [0.4, 0.5) is 0 Å². The number of aromatic hydroxyl groups is 2. The van der Waals surface area contributed by atoms with Gasteiger partial charge in [-0.05, 0) is 41.1 Å². The van der Waals surface area contributed by atoms with Crippen LogP contribution in [0.2, 0.25) is 0 Å². The van der Waals surface area contributed by atoms with Crippen molar-refractivity contribution in [3.63, 3.8) is 0 Å². The van der Waals surface area contributed by atoms with Crippen LogP contribution in [0.25, 0.3) is 10.8 Å². The minimum Gasteiger partial charge on any atom is -0.508 e. The minimum absolute atomic E-state index is 0.160. The van der Waals surface area contributed by atoms with Crippen LogP contribution in [0.3, 0.4) is 0 Å². The first-order chi connectivity index (χ1) is 5.75. The van der Waals surface area contributed by atoms with Crippen molar-refractivity contribution in [2.45, 2.75) is 0 Å². The Morgan fingerprint density at radius 3 is 2.58 bits per heavy atom. The topological polar surface area (TPSA) is 40.5 Å². The standard InChI is InChI=1S/C10H7O2/c11-9-3-1-7-2-4-10(12)6-8(7)5-9/h1,3-6,11-12H. The van der Waals surface area contributed by atoms with Gasteiger partial charge in [0.1, 0.15) is 11.5 Å². The maximum absolute atomic E-state index is 9.13. The second kappa shape index (κ2) is 2.41. The van der Waals surface area contributed by atoms with E-state index in [1.54, 1.807) is 24.3 Å². The van der Waals surface area contributed by atoms with E-state index in [4.69, 9.17) is 10.2 Å². The number of hydrogen-bond donors (Lipinski definition) is 2. The van der Waals surface area contributed by atoms with Gasteiger partial charge < -0.3 is 10.2 Å². The van der Waals surface area contributed by atoms with Crippen molar-refractivity contribution in [3.05, 3.63) is 36.4 Å². The zero-order valence-electron chi connectivity index (χ0n) is 6.28. The quantitative estimate of drug-likeness (QED) is 0.617. The molecule has 0 unspecified atom stereocenters. The molecule has 0 aliphatic carbocycles. The number of phenolic OH excluding ortho intramolecular Hbond substituents is 2. The Morgan fingerprint density at radius 2 is 1.75 bits per heavy atom. The smallest absolute Gasteiger partial charge is 0.116 e. The molecular weight excluding hydrogens is 152 g/mol. The van der Waals surface area contributed by atoms with E-state index in [2.05, 4.69) is 6.07 Å². The van der Waals surface area contributed by atoms with E-state index in [0.717, 1.165) is 10.8 Å². The fourth-order valence-corrected chi connectivity index (χ4v) is 1.15. The van der Waals surface area contributed by atoms with Crippen molar-refractivity contribution in [1.82, 2.24) is 0 Å². The van der Waals surface area contributed by atoms with Crippen LogP contribution >= 0.6 is 0 Å². The van der Waals surface area contributed by atoms with Crippen LogP contribution in [0.5, 0.6) is 11.5 Å². The van der Waals surface area contributed by atoms with E-state index >= 15 is 0 Å². The third-order valence-corrected chi connectivity index (χ3v) is 1.71. The SMILES string of the molecule is Oc1c[c]c2ccc(O)cc2c1. The fourth-order valence-electron chi connectivity index (χ4n) is 1.15. The van der Waals surface area contributed by atoms with Crippen LogP contribution in [0.1, 0.15) is 0 Å². The zero-order chi connectivity index (χ0) is 8.55. The molecule has 0 amide bonds. The van der Waals surface area contributed by atoms with Crippen LogP contribution in [0, 0.1) is 6.07 Å². The molecule has 2 aromatic rings. The van der Waals surface area contributed by atoms with Gasteiger partial charge in [0.25, 0.3) is 0 Å². The van der Waals surface area contributed by atoms with Crippen LogP contribution in [-0.4, -0.2) is 10.2 Å². The average Bonchev–Trinajstić information content (AvgIpc) is 2.03. The monoisotopic (exact) mass is 159 g/mol. The lowest BCUT2D eigenvalue weighted by molar-refractivity contribution is 0.474. The van der Waals surface area contributed by atoms with Crippen LogP contribution in [-0.2, 0) is 0 Å². The normalized spacial score (nSPS) is 10.3. The molecule has 0 bridgehead atoms. The van der Waals surface area contributed by atoms with Gasteiger partial charge in [0.15, 0.2) is 0 Å². The Balaban J connectivity index is 2.80. The molecule has 1 radical (unpaired) electrons. The Bertz CT molecular complexity index is 384. The third-order valence-electron chi connectivity index (χ3n) is 1.71. The summed E-state index contributed by atoms with van der Waals surface area (Å²) in [4.78, 5) is 0. The molecule has 0 spiro atoms. The molecule has 0 aliphatic heterocycles. The maximum Gasteiger partial charge on any atom is 0.116 e. The van der Waals surface area contributed by atoms with Gasteiger partial charge in [-0.15, -0.1) is 0 Å². The van der Waals surface area contributed by atoms with Crippen molar-refractivity contribution in [3.8, 4) is 11.5 Å². The third kappa shape index (κ3) is 1.07. The number of hydrogen-bond acceptors (Lipinski definition) is 2. The van der Waals surface area contributed by atoms with E-state index in [1.807, 2.05) is 0 Å². The summed E-state index contributed by atoms with van der Waals surface area (Å²) in [6.45, 7) is 0. The Kier molecular flexibility index (Phi) is 1.40. The van der Waals surface area contributed by atoms with Crippen LogP contribution in [0.15, 0.2) is 30.3 Å². The van der Waals surface area contributed by atoms with Gasteiger partial charge in [0.2, 0.25) is 0 Å². The highest BCUT2D eigenvalue weighted by atomic mass is 16.3. The van der Waals surface area contributed by atoms with E-state index in [9.17, 15) is 0 Å². The highest BCUT2D eigenvalue weighted by Gasteiger charge is 1.95. The second-order valence-electron chi connectivity index (χ2n) is 2.63. The molecule has 2 rings (SSSR count). The summed E-state index contributed by atoms with van der Waals surface area (Å²) >= 11 is 0. The molecule has 0 saturated heterocycles. The molecule has 0 atom stereocenters. The zero-order valence-corrected chi connectivity index (χ0v) is 6.28. The van der Waals surface area contributed by atoms with Gasteiger partial charge in [-0.25, -0.2) is 0 Å². The highest BCUT2D eigenvalue weighted by molar-refractivity contribution is 5.84. The summed E-state index contributed by atoms with van der Waals surface area (Å²) in [5, 5.41) is 19.9. The summed E-state index contributed by atoms with van der Waals surface area (Å²) < 4.78 is 0. The van der Waals surface area contributed by atoms with Crippen molar-refractivity contribution < 1.29 is 10.2 Å². The predicted molar refractivity (Wildman–Crippen MR) is 46.1 cm³/mol. The molecule has 2 aromatic carbocycles. The summed E-state index contributed by atoms with van der Waals surface area (Å²) in [5.41, 5.74) is 0. The van der Waals surface area contributed by atoms with Gasteiger partial charge in [-0.2, -0.15) is 0 Å². The lowest BCUT2D eigenvalue weighted by atomic mass is 10.1.